The Morgan fingerprint density at radius 3 is 2.73 bits per heavy atom. The lowest BCUT2D eigenvalue weighted by Crippen LogP contribution is -2.48. The molecule has 1 aromatic heterocycles. The molecule has 1 N–H and O–H groups in total. The van der Waals surface area contributed by atoms with Crippen LogP contribution in [-0.2, 0) is 33.8 Å². The standard InChI is InChI=1S/C36H46ClN3O5/c1-5-27(15-18-43-4)39-16-13-26-20-25(19-24(3)30(26)21-39)23-45-35-28(9-7-10-31(35)37)32-11-8-12-34(38-32)40-17-14-29(36(41)42)33(22-40)44-6-2/h7-12,19-20,27,29,33H,5-6,13-18,21-23H2,1-4H3,(H,41,42)/t27?,29-,33+/m1/s1. The van der Waals surface area contributed by atoms with Gasteiger partial charge in [0.2, 0.25) is 0 Å². The third-order valence-corrected chi connectivity index (χ3v) is 9.54. The number of para-hydroxylation sites is 1. The molecule has 1 fully saturated rings. The van der Waals surface area contributed by atoms with E-state index in [4.69, 9.17) is 30.8 Å². The van der Waals surface area contributed by atoms with Crippen LogP contribution in [0.5, 0.6) is 5.75 Å². The summed E-state index contributed by atoms with van der Waals surface area (Å²) in [5.41, 5.74) is 6.82. The average molecular weight is 636 g/mol. The van der Waals surface area contributed by atoms with Gasteiger partial charge in [0, 0.05) is 58.1 Å². The predicted octanol–water partition coefficient (Wildman–Crippen LogP) is 6.78. The van der Waals surface area contributed by atoms with Crippen molar-refractivity contribution in [3.63, 3.8) is 0 Å². The fourth-order valence-corrected chi connectivity index (χ4v) is 7.04. The molecule has 5 rings (SSSR count). The van der Waals surface area contributed by atoms with Crippen molar-refractivity contribution in [1.82, 2.24) is 9.88 Å². The molecule has 0 aliphatic carbocycles. The first kappa shape index (κ1) is 33.2. The van der Waals surface area contributed by atoms with Gasteiger partial charge in [-0.15, -0.1) is 0 Å². The number of fused-ring (bicyclic) bond motifs is 1. The number of nitrogens with zero attached hydrogens (tertiary/aromatic N) is 3. The summed E-state index contributed by atoms with van der Waals surface area (Å²) in [5, 5.41) is 10.2. The summed E-state index contributed by atoms with van der Waals surface area (Å²) < 4.78 is 17.6. The highest BCUT2D eigenvalue weighted by Gasteiger charge is 2.35. The minimum absolute atomic E-state index is 0.386. The number of hydrogen-bond acceptors (Lipinski definition) is 7. The maximum absolute atomic E-state index is 11.8. The zero-order valence-electron chi connectivity index (χ0n) is 26.9. The van der Waals surface area contributed by atoms with Gasteiger partial charge in [0.05, 0.1) is 22.7 Å². The molecule has 9 heteroatoms. The highest BCUT2D eigenvalue weighted by atomic mass is 35.5. The van der Waals surface area contributed by atoms with Crippen LogP contribution in [0.15, 0.2) is 48.5 Å². The molecule has 8 nitrogen and oxygen atoms in total. The van der Waals surface area contributed by atoms with Gasteiger partial charge in [-0.3, -0.25) is 9.69 Å². The van der Waals surface area contributed by atoms with Crippen LogP contribution in [0.2, 0.25) is 5.02 Å². The lowest BCUT2D eigenvalue weighted by Gasteiger charge is -2.37. The number of carboxylic acid groups (broad SMARTS) is 1. The predicted molar refractivity (Wildman–Crippen MR) is 178 cm³/mol. The lowest BCUT2D eigenvalue weighted by atomic mass is 9.91. The molecule has 0 radical (unpaired) electrons. The lowest BCUT2D eigenvalue weighted by molar-refractivity contribution is -0.148. The summed E-state index contributed by atoms with van der Waals surface area (Å²) in [6, 6.07) is 16.7. The van der Waals surface area contributed by atoms with Crippen LogP contribution in [0.25, 0.3) is 11.3 Å². The second kappa shape index (κ2) is 15.4. The van der Waals surface area contributed by atoms with Crippen LogP contribution in [0.1, 0.15) is 55.4 Å². The highest BCUT2D eigenvalue weighted by molar-refractivity contribution is 6.32. The smallest absolute Gasteiger partial charge is 0.309 e. The molecule has 2 aromatic carbocycles. The molecule has 0 saturated carbocycles. The SMILES string of the molecule is CCO[C@H]1CN(c2cccc(-c3cccc(Cl)c3OCc3cc(C)c4c(c3)CCN(C(CC)CCOC)C4)n2)CC[C@H]1C(=O)O. The van der Waals surface area contributed by atoms with Gasteiger partial charge < -0.3 is 24.2 Å². The Kier molecular flexibility index (Phi) is 11.4. The molecule has 1 unspecified atom stereocenters. The number of carbonyl (C=O) groups is 1. The van der Waals surface area contributed by atoms with Crippen LogP contribution in [-0.4, -0.2) is 73.1 Å². The van der Waals surface area contributed by atoms with E-state index in [1.165, 1.54) is 16.7 Å². The van der Waals surface area contributed by atoms with Crippen molar-refractivity contribution >= 4 is 23.4 Å². The summed E-state index contributed by atoms with van der Waals surface area (Å²) in [4.78, 5) is 21.5. The third kappa shape index (κ3) is 7.80. The number of aliphatic carboxylic acids is 1. The summed E-state index contributed by atoms with van der Waals surface area (Å²) in [6.45, 7) is 11.1. The number of pyridine rings is 1. The zero-order valence-corrected chi connectivity index (χ0v) is 27.7. The number of aromatic nitrogens is 1. The van der Waals surface area contributed by atoms with E-state index in [9.17, 15) is 9.90 Å². The topological polar surface area (TPSA) is 84.4 Å². The average Bonchev–Trinajstić information content (AvgIpc) is 3.04. The normalized spacial score (nSPS) is 19.3. The van der Waals surface area contributed by atoms with Crippen molar-refractivity contribution in [2.24, 2.45) is 5.92 Å². The molecule has 242 valence electrons. The Labute approximate surface area is 272 Å². The summed E-state index contributed by atoms with van der Waals surface area (Å²) >= 11 is 6.73. The van der Waals surface area contributed by atoms with E-state index in [0.717, 1.165) is 61.6 Å². The molecule has 0 bridgehead atoms. The molecule has 0 spiro atoms. The van der Waals surface area contributed by atoms with E-state index < -0.39 is 11.9 Å². The van der Waals surface area contributed by atoms with Crippen molar-refractivity contribution in [3.8, 4) is 17.0 Å². The fourth-order valence-electron chi connectivity index (χ4n) is 6.81. The number of piperidine rings is 1. The zero-order chi connectivity index (χ0) is 31.9. The molecule has 45 heavy (non-hydrogen) atoms. The van der Waals surface area contributed by atoms with Crippen LogP contribution >= 0.6 is 11.6 Å². The number of halogens is 1. The summed E-state index contributed by atoms with van der Waals surface area (Å²) in [7, 11) is 1.78. The Balaban J connectivity index is 1.32. The molecule has 3 atom stereocenters. The number of rotatable bonds is 13. The molecular formula is C36H46ClN3O5. The molecule has 3 aromatic rings. The quantitative estimate of drug-likeness (QED) is 0.220. The van der Waals surface area contributed by atoms with Gasteiger partial charge in [0.1, 0.15) is 18.2 Å². The Hall–Kier alpha value is -3.17. The van der Waals surface area contributed by atoms with Gasteiger partial charge in [-0.25, -0.2) is 4.98 Å². The van der Waals surface area contributed by atoms with E-state index >= 15 is 0 Å². The van der Waals surface area contributed by atoms with Crippen LogP contribution in [0.3, 0.4) is 0 Å². The molecule has 2 aliphatic rings. The number of hydrogen-bond donors (Lipinski definition) is 1. The molecule has 1 saturated heterocycles. The van der Waals surface area contributed by atoms with Gasteiger partial charge >= 0.3 is 5.97 Å². The third-order valence-electron chi connectivity index (χ3n) is 9.24. The Morgan fingerprint density at radius 1 is 1.16 bits per heavy atom. The minimum atomic E-state index is -0.810. The van der Waals surface area contributed by atoms with E-state index in [-0.39, 0.29) is 6.10 Å². The monoisotopic (exact) mass is 635 g/mol. The van der Waals surface area contributed by atoms with Crippen molar-refractivity contribution < 1.29 is 24.1 Å². The minimum Gasteiger partial charge on any atom is -0.487 e. The first-order chi connectivity index (χ1) is 21.8. The number of carboxylic acids is 1. The highest BCUT2D eigenvalue weighted by Crippen LogP contribution is 2.37. The number of methoxy groups -OCH3 is 1. The van der Waals surface area contributed by atoms with Crippen LogP contribution < -0.4 is 9.64 Å². The maximum Gasteiger partial charge on any atom is 0.309 e. The van der Waals surface area contributed by atoms with E-state index in [0.29, 0.717) is 49.5 Å². The first-order valence-corrected chi connectivity index (χ1v) is 16.5. The second-order valence-corrected chi connectivity index (χ2v) is 12.5. The van der Waals surface area contributed by atoms with Crippen molar-refractivity contribution in [2.75, 3.05) is 44.9 Å². The van der Waals surface area contributed by atoms with Gasteiger partial charge in [-0.2, -0.15) is 0 Å². The number of anilines is 1. The summed E-state index contributed by atoms with van der Waals surface area (Å²) in [5.74, 6) is 0.0530. The number of benzene rings is 2. The van der Waals surface area contributed by atoms with Gasteiger partial charge in [0.15, 0.2) is 0 Å². The van der Waals surface area contributed by atoms with Gasteiger partial charge in [-0.05, 0) is 86.1 Å². The maximum atomic E-state index is 11.8. The second-order valence-electron chi connectivity index (χ2n) is 12.1. The van der Waals surface area contributed by atoms with Crippen LogP contribution in [0.4, 0.5) is 5.82 Å². The number of ether oxygens (including phenoxy) is 3. The Morgan fingerprint density at radius 2 is 1.98 bits per heavy atom. The van der Waals surface area contributed by atoms with Crippen molar-refractivity contribution in [3.05, 3.63) is 75.8 Å². The largest absolute Gasteiger partial charge is 0.487 e. The van der Waals surface area contributed by atoms with Crippen molar-refractivity contribution in [2.45, 2.75) is 71.8 Å². The van der Waals surface area contributed by atoms with E-state index in [1.54, 1.807) is 7.11 Å². The van der Waals surface area contributed by atoms with E-state index in [1.807, 2.05) is 43.3 Å². The van der Waals surface area contributed by atoms with E-state index in [2.05, 4.69) is 35.8 Å². The van der Waals surface area contributed by atoms with Gasteiger partial charge in [0.25, 0.3) is 0 Å². The molecule has 2 aliphatic heterocycles. The van der Waals surface area contributed by atoms with Gasteiger partial charge in [-0.1, -0.05) is 42.8 Å². The molecule has 3 heterocycles. The fraction of sp³-hybridized carbons (Fsp3) is 0.500. The first-order valence-electron chi connectivity index (χ1n) is 16.1. The molecule has 0 amide bonds. The van der Waals surface area contributed by atoms with Crippen molar-refractivity contribution in [1.29, 1.82) is 0 Å². The Bertz CT molecular complexity index is 1470. The molecular weight excluding hydrogens is 590 g/mol. The number of aryl methyl sites for hydroxylation is 1. The van der Waals surface area contributed by atoms with Crippen LogP contribution in [0, 0.1) is 12.8 Å². The summed E-state index contributed by atoms with van der Waals surface area (Å²) in [6.07, 6.45) is 3.32.